The van der Waals surface area contributed by atoms with Crippen LogP contribution in [0, 0.1) is 0 Å². The second-order valence-electron chi connectivity index (χ2n) is 6.76. The molecule has 6 nitrogen and oxygen atoms in total. The molecule has 6 heteroatoms. The SMILES string of the molecule is O=C(NCc1ccccc1CN1CCCC1=O)c1cc(C2CC2)on1. The van der Waals surface area contributed by atoms with E-state index in [1.807, 2.05) is 29.2 Å². The largest absolute Gasteiger partial charge is 0.360 e. The minimum atomic E-state index is -0.234. The summed E-state index contributed by atoms with van der Waals surface area (Å²) in [4.78, 5) is 26.0. The van der Waals surface area contributed by atoms with Crippen LogP contribution in [0.1, 0.15) is 59.0 Å². The summed E-state index contributed by atoms with van der Waals surface area (Å²) < 4.78 is 5.23. The highest BCUT2D eigenvalue weighted by atomic mass is 16.5. The molecule has 4 rings (SSSR count). The van der Waals surface area contributed by atoms with E-state index in [0.29, 0.717) is 31.1 Å². The minimum absolute atomic E-state index is 0.203. The zero-order valence-electron chi connectivity index (χ0n) is 14.0. The van der Waals surface area contributed by atoms with Gasteiger partial charge in [0.15, 0.2) is 5.69 Å². The van der Waals surface area contributed by atoms with Gasteiger partial charge in [0.1, 0.15) is 5.76 Å². The molecule has 1 N–H and O–H groups in total. The van der Waals surface area contributed by atoms with E-state index < -0.39 is 0 Å². The number of nitrogens with zero attached hydrogens (tertiary/aromatic N) is 2. The summed E-state index contributed by atoms with van der Waals surface area (Å²) in [5.74, 6) is 1.21. The molecule has 0 atom stereocenters. The molecule has 2 aromatic rings. The first kappa shape index (κ1) is 15.9. The number of hydrogen-bond acceptors (Lipinski definition) is 4. The van der Waals surface area contributed by atoms with Gasteiger partial charge in [-0.3, -0.25) is 9.59 Å². The van der Waals surface area contributed by atoms with Gasteiger partial charge in [-0.1, -0.05) is 29.4 Å². The lowest BCUT2D eigenvalue weighted by Crippen LogP contribution is -2.27. The maximum Gasteiger partial charge on any atom is 0.273 e. The number of amides is 2. The quantitative estimate of drug-likeness (QED) is 0.878. The minimum Gasteiger partial charge on any atom is -0.360 e. The number of carbonyl (C=O) groups is 2. The lowest BCUT2D eigenvalue weighted by molar-refractivity contribution is -0.128. The molecular formula is C19H21N3O3. The van der Waals surface area contributed by atoms with Gasteiger partial charge < -0.3 is 14.7 Å². The molecule has 130 valence electrons. The van der Waals surface area contributed by atoms with Gasteiger partial charge >= 0.3 is 0 Å². The summed E-state index contributed by atoms with van der Waals surface area (Å²) >= 11 is 0. The number of aromatic nitrogens is 1. The molecule has 2 aliphatic rings. The Balaban J connectivity index is 1.40. The maximum absolute atomic E-state index is 12.3. The van der Waals surface area contributed by atoms with Crippen LogP contribution in [0.4, 0.5) is 0 Å². The lowest BCUT2D eigenvalue weighted by atomic mass is 10.1. The van der Waals surface area contributed by atoms with Crippen LogP contribution in [0.15, 0.2) is 34.9 Å². The highest BCUT2D eigenvalue weighted by molar-refractivity contribution is 5.92. The molecule has 2 fully saturated rings. The molecule has 0 unspecified atom stereocenters. The van der Waals surface area contributed by atoms with Gasteiger partial charge in [-0.15, -0.1) is 0 Å². The Hall–Kier alpha value is -2.63. The zero-order chi connectivity index (χ0) is 17.2. The van der Waals surface area contributed by atoms with E-state index >= 15 is 0 Å². The first-order valence-electron chi connectivity index (χ1n) is 8.80. The smallest absolute Gasteiger partial charge is 0.273 e. The molecule has 25 heavy (non-hydrogen) atoms. The van der Waals surface area contributed by atoms with Crippen molar-refractivity contribution in [2.24, 2.45) is 0 Å². The summed E-state index contributed by atoms with van der Waals surface area (Å²) in [6.45, 7) is 1.81. The molecular weight excluding hydrogens is 318 g/mol. The Morgan fingerprint density at radius 3 is 2.80 bits per heavy atom. The molecule has 1 aromatic heterocycles. The summed E-state index contributed by atoms with van der Waals surface area (Å²) in [6.07, 6.45) is 3.78. The normalized spacial score (nSPS) is 17.1. The Kier molecular flexibility index (Phi) is 4.26. The summed E-state index contributed by atoms with van der Waals surface area (Å²) in [7, 11) is 0. The molecule has 1 aromatic carbocycles. The molecule has 0 spiro atoms. The number of rotatable bonds is 6. The molecule has 2 heterocycles. The van der Waals surface area contributed by atoms with Gasteiger partial charge in [0.05, 0.1) is 0 Å². The van der Waals surface area contributed by atoms with Crippen LogP contribution in [-0.4, -0.2) is 28.4 Å². The molecule has 1 aliphatic carbocycles. The van der Waals surface area contributed by atoms with Crippen LogP contribution < -0.4 is 5.32 Å². The Labute approximate surface area is 146 Å². The fourth-order valence-electron chi connectivity index (χ4n) is 3.18. The van der Waals surface area contributed by atoms with Crippen molar-refractivity contribution in [1.29, 1.82) is 0 Å². The first-order chi connectivity index (χ1) is 12.2. The molecule has 2 amide bonds. The van der Waals surface area contributed by atoms with Crippen molar-refractivity contribution >= 4 is 11.8 Å². The van der Waals surface area contributed by atoms with Crippen molar-refractivity contribution in [3.8, 4) is 0 Å². The molecule has 1 saturated carbocycles. The fraction of sp³-hybridized carbons (Fsp3) is 0.421. The number of nitrogens with one attached hydrogen (secondary N) is 1. The number of hydrogen-bond donors (Lipinski definition) is 1. The van der Waals surface area contributed by atoms with Crippen LogP contribution in [0.2, 0.25) is 0 Å². The van der Waals surface area contributed by atoms with Gasteiger partial charge in [-0.05, 0) is 30.4 Å². The predicted octanol–water partition coefficient (Wildman–Crippen LogP) is 2.60. The van der Waals surface area contributed by atoms with Crippen molar-refractivity contribution < 1.29 is 14.1 Å². The molecule has 0 bridgehead atoms. The zero-order valence-corrected chi connectivity index (χ0v) is 14.0. The van der Waals surface area contributed by atoms with E-state index in [9.17, 15) is 9.59 Å². The van der Waals surface area contributed by atoms with E-state index in [1.54, 1.807) is 6.07 Å². The van der Waals surface area contributed by atoms with E-state index in [4.69, 9.17) is 4.52 Å². The second-order valence-corrected chi connectivity index (χ2v) is 6.76. The first-order valence-corrected chi connectivity index (χ1v) is 8.80. The Morgan fingerprint density at radius 2 is 2.08 bits per heavy atom. The van der Waals surface area contributed by atoms with E-state index in [2.05, 4.69) is 10.5 Å². The predicted molar refractivity (Wildman–Crippen MR) is 90.7 cm³/mol. The van der Waals surface area contributed by atoms with Gasteiger partial charge in [0.25, 0.3) is 5.91 Å². The monoisotopic (exact) mass is 339 g/mol. The van der Waals surface area contributed by atoms with Crippen molar-refractivity contribution in [3.63, 3.8) is 0 Å². The van der Waals surface area contributed by atoms with Crippen molar-refractivity contribution in [2.45, 2.75) is 44.7 Å². The number of likely N-dealkylation sites (tertiary alicyclic amines) is 1. The van der Waals surface area contributed by atoms with Crippen molar-refractivity contribution in [3.05, 3.63) is 52.9 Å². The number of carbonyl (C=O) groups excluding carboxylic acids is 2. The average molecular weight is 339 g/mol. The third-order valence-corrected chi connectivity index (χ3v) is 4.83. The molecule has 1 saturated heterocycles. The van der Waals surface area contributed by atoms with Crippen LogP contribution in [-0.2, 0) is 17.9 Å². The average Bonchev–Trinajstić information content (AvgIpc) is 3.22. The second kappa shape index (κ2) is 6.70. The molecule has 1 aliphatic heterocycles. The van der Waals surface area contributed by atoms with E-state index in [0.717, 1.165) is 42.7 Å². The lowest BCUT2D eigenvalue weighted by Gasteiger charge is -2.18. The van der Waals surface area contributed by atoms with Gasteiger partial charge in [0, 0.05) is 38.0 Å². The summed E-state index contributed by atoms with van der Waals surface area (Å²) in [5, 5.41) is 6.76. The van der Waals surface area contributed by atoms with E-state index in [-0.39, 0.29) is 11.8 Å². The van der Waals surface area contributed by atoms with Crippen LogP contribution >= 0.6 is 0 Å². The Morgan fingerprint density at radius 1 is 1.28 bits per heavy atom. The summed E-state index contributed by atoms with van der Waals surface area (Å²) in [5.41, 5.74) is 2.41. The van der Waals surface area contributed by atoms with Crippen molar-refractivity contribution in [1.82, 2.24) is 15.4 Å². The van der Waals surface area contributed by atoms with E-state index in [1.165, 1.54) is 0 Å². The van der Waals surface area contributed by atoms with Gasteiger partial charge in [0.2, 0.25) is 5.91 Å². The van der Waals surface area contributed by atoms with Crippen molar-refractivity contribution in [2.75, 3.05) is 6.54 Å². The topological polar surface area (TPSA) is 75.4 Å². The highest BCUT2D eigenvalue weighted by Gasteiger charge is 2.29. The Bertz CT molecular complexity index is 795. The highest BCUT2D eigenvalue weighted by Crippen LogP contribution is 2.40. The third-order valence-electron chi connectivity index (χ3n) is 4.83. The van der Waals surface area contributed by atoms with Gasteiger partial charge in [-0.25, -0.2) is 0 Å². The fourth-order valence-corrected chi connectivity index (χ4v) is 3.18. The standard InChI is InChI=1S/C19H21N3O3/c23-18-6-3-9-22(18)12-15-5-2-1-4-14(15)11-20-19(24)16-10-17(25-21-16)13-7-8-13/h1-2,4-5,10,13H,3,6-9,11-12H2,(H,20,24). The van der Waals surface area contributed by atoms with Crippen LogP contribution in [0.5, 0.6) is 0 Å². The van der Waals surface area contributed by atoms with Crippen LogP contribution in [0.25, 0.3) is 0 Å². The van der Waals surface area contributed by atoms with Gasteiger partial charge in [-0.2, -0.15) is 0 Å². The van der Waals surface area contributed by atoms with Crippen LogP contribution in [0.3, 0.4) is 0 Å². The third kappa shape index (κ3) is 3.57. The number of benzene rings is 1. The molecule has 0 radical (unpaired) electrons. The maximum atomic E-state index is 12.3. The summed E-state index contributed by atoms with van der Waals surface area (Å²) in [6, 6.07) is 9.63.